The molecule has 16 heteroatoms. The minimum absolute atomic E-state index is 0.0300. The van der Waals surface area contributed by atoms with Crippen LogP contribution < -0.4 is 22.5 Å². The molecule has 0 amide bonds. The van der Waals surface area contributed by atoms with Gasteiger partial charge in [0, 0.05) is 23.7 Å². The van der Waals surface area contributed by atoms with Crippen molar-refractivity contribution in [3.05, 3.63) is 76.8 Å². The molecule has 0 spiro atoms. The molecule has 6 aliphatic rings. The molecule has 0 bridgehead atoms. The molecule has 2 aromatic rings. The number of hydrogen-bond donors (Lipinski definition) is 7. The van der Waals surface area contributed by atoms with Crippen LogP contribution in [0.15, 0.2) is 43.2 Å². The maximum absolute atomic E-state index is 15.0. The normalized spacial score (nSPS) is 43.4. The maximum Gasteiger partial charge on any atom is 0.325 e. The number of rotatable bonds is 6. The number of hydrogen-bond acceptors (Lipinski definition) is 12. The number of allylic oxidation sites excluding steroid dienone is 2. The topological polar surface area (TPSA) is 262 Å². The monoisotopic (exact) mass is 834 g/mol. The summed E-state index contributed by atoms with van der Waals surface area (Å²) in [5, 5.41) is 32.7. The van der Waals surface area contributed by atoms with E-state index in [1.807, 2.05) is 18.0 Å². The van der Waals surface area contributed by atoms with Crippen molar-refractivity contribution in [3.63, 3.8) is 0 Å². The first-order chi connectivity index (χ1) is 27.9. The fourth-order valence-electron chi connectivity index (χ4n) is 13.6. The van der Waals surface area contributed by atoms with Crippen LogP contribution in [0.1, 0.15) is 127 Å². The van der Waals surface area contributed by atoms with Crippen LogP contribution in [-0.4, -0.2) is 89.4 Å². The molecular formula is C44H58N4O12. The maximum atomic E-state index is 15.0. The van der Waals surface area contributed by atoms with Crippen LogP contribution in [0.2, 0.25) is 0 Å². The lowest BCUT2D eigenvalue weighted by Gasteiger charge is -2.70. The summed E-state index contributed by atoms with van der Waals surface area (Å²) >= 11 is 0. The predicted molar refractivity (Wildman–Crippen MR) is 215 cm³/mol. The minimum atomic E-state index is -1.89. The lowest BCUT2D eigenvalue weighted by atomic mass is 9.33. The summed E-state index contributed by atoms with van der Waals surface area (Å²) in [6.45, 7) is 15.1. The van der Waals surface area contributed by atoms with Gasteiger partial charge in [0.05, 0.1) is 11.7 Å². The summed E-state index contributed by atoms with van der Waals surface area (Å²) in [4.78, 5) is 99.8. The van der Waals surface area contributed by atoms with Gasteiger partial charge in [0.25, 0.3) is 11.1 Å². The fourth-order valence-corrected chi connectivity index (χ4v) is 13.6. The highest BCUT2D eigenvalue weighted by molar-refractivity contribution is 6.00. The Morgan fingerprint density at radius 2 is 1.37 bits per heavy atom. The Hall–Kier alpha value is -4.09. The van der Waals surface area contributed by atoms with Crippen LogP contribution in [0.3, 0.4) is 0 Å². The van der Waals surface area contributed by atoms with Crippen LogP contribution in [0.4, 0.5) is 0 Å². The fraction of sp³-hybridized carbons (Fsp3) is 0.705. The molecule has 5 unspecified atom stereocenters. The van der Waals surface area contributed by atoms with E-state index in [9.17, 15) is 44.1 Å². The van der Waals surface area contributed by atoms with Gasteiger partial charge in [0.2, 0.25) is 5.78 Å². The number of Topliss-reactive ketones (excluding diaryl/α,β-unsaturated/α-hetero) is 2. The van der Waals surface area contributed by atoms with Crippen molar-refractivity contribution in [3.8, 4) is 0 Å². The van der Waals surface area contributed by atoms with E-state index in [4.69, 9.17) is 9.47 Å². The molecule has 2 aromatic heterocycles. The van der Waals surface area contributed by atoms with Gasteiger partial charge in [-0.3, -0.25) is 33.9 Å². The van der Waals surface area contributed by atoms with Crippen molar-refractivity contribution in [2.45, 2.75) is 143 Å². The van der Waals surface area contributed by atoms with Crippen LogP contribution in [0.5, 0.6) is 0 Å². The number of carbonyl (C=O) groups excluding carboxylic acids is 3. The third-order valence-electron chi connectivity index (χ3n) is 17.3. The molecule has 8 rings (SSSR count). The molecule has 326 valence electrons. The number of aliphatic hydroxyl groups excluding tert-OH is 3. The van der Waals surface area contributed by atoms with Gasteiger partial charge in [-0.25, -0.2) is 9.59 Å². The second-order valence-corrected chi connectivity index (χ2v) is 20.8. The molecule has 14 atom stereocenters. The number of ketones is 3. The number of aliphatic hydroxyl groups is 3. The zero-order valence-electron chi connectivity index (χ0n) is 35.3. The zero-order valence-corrected chi connectivity index (χ0v) is 35.3. The second kappa shape index (κ2) is 14.0. The standard InChI is InChI=1S/C44H58N4O12/c1-39(2)25-8-11-44(7)32(42(25,5)10-9-26(39)59-36-30(53)28(51)29(52)31(60-36)27(50)20-18-45-37(57)47-34(20)55)24(49)16-22-23-17-41(4,13-12-40(23,3)14-15-43(22,44)6)33(54)21-19-46-38(58)48-35(21)56/h16,18-19,23,25-26,28-32,36,51-53H,8-15,17H2,1-7H3,(H2,45,47,55,57)(H2,46,48,56,58)/t23?,25?,26?,28-,29-,30+,31+,32?,36?,40+,41-,42-,43+,44+/m0/s1. The summed E-state index contributed by atoms with van der Waals surface area (Å²) in [6, 6.07) is 0. The van der Waals surface area contributed by atoms with E-state index in [1.54, 1.807) is 0 Å². The lowest BCUT2D eigenvalue weighted by Crippen LogP contribution is -2.67. The van der Waals surface area contributed by atoms with Gasteiger partial charge in [-0.2, -0.15) is 0 Å². The van der Waals surface area contributed by atoms with Gasteiger partial charge in [0.1, 0.15) is 23.9 Å². The van der Waals surface area contributed by atoms with E-state index in [-0.39, 0.29) is 45.7 Å². The van der Waals surface area contributed by atoms with Gasteiger partial charge in [0.15, 0.2) is 24.0 Å². The number of aromatic nitrogens is 4. The van der Waals surface area contributed by atoms with Crippen LogP contribution in [-0.2, 0) is 14.3 Å². The Morgan fingerprint density at radius 3 is 2.00 bits per heavy atom. The highest BCUT2D eigenvalue weighted by atomic mass is 16.7. The van der Waals surface area contributed by atoms with Crippen molar-refractivity contribution < 1.29 is 39.2 Å². The second-order valence-electron chi connectivity index (χ2n) is 20.8. The van der Waals surface area contributed by atoms with Gasteiger partial charge >= 0.3 is 11.4 Å². The molecule has 1 aliphatic heterocycles. The number of ether oxygens (including phenoxy) is 2. The summed E-state index contributed by atoms with van der Waals surface area (Å²) in [5.41, 5.74) is -5.55. The quantitative estimate of drug-likeness (QED) is 0.164. The molecule has 0 aromatic carbocycles. The van der Waals surface area contributed by atoms with Crippen molar-refractivity contribution in [1.82, 2.24) is 19.9 Å². The first-order valence-electron chi connectivity index (χ1n) is 21.3. The Balaban J connectivity index is 1.07. The molecule has 60 heavy (non-hydrogen) atoms. The predicted octanol–water partition coefficient (Wildman–Crippen LogP) is 2.68. The zero-order chi connectivity index (χ0) is 43.7. The molecule has 0 radical (unpaired) electrons. The van der Waals surface area contributed by atoms with Gasteiger partial charge in [-0.1, -0.05) is 54.0 Å². The van der Waals surface area contributed by atoms with Crippen LogP contribution in [0.25, 0.3) is 0 Å². The highest BCUT2D eigenvalue weighted by Crippen LogP contribution is 2.75. The molecule has 5 fully saturated rings. The number of carbonyl (C=O) groups is 3. The largest absolute Gasteiger partial charge is 0.387 e. The molecule has 4 saturated carbocycles. The van der Waals surface area contributed by atoms with E-state index in [2.05, 4.69) is 56.5 Å². The summed E-state index contributed by atoms with van der Waals surface area (Å²) in [6.07, 6.45) is 0.879. The van der Waals surface area contributed by atoms with Crippen molar-refractivity contribution in [2.75, 3.05) is 0 Å². The van der Waals surface area contributed by atoms with Gasteiger partial charge in [-0.05, 0) is 103 Å². The first-order valence-corrected chi connectivity index (χ1v) is 21.3. The third kappa shape index (κ3) is 6.05. The lowest BCUT2D eigenvalue weighted by molar-refractivity contribution is -0.318. The highest BCUT2D eigenvalue weighted by Gasteiger charge is 2.70. The summed E-state index contributed by atoms with van der Waals surface area (Å²) in [5.74, 6) is -1.66. The molecule has 3 heterocycles. The van der Waals surface area contributed by atoms with Crippen molar-refractivity contribution in [2.24, 2.45) is 50.2 Å². The molecule has 1 saturated heterocycles. The van der Waals surface area contributed by atoms with Crippen molar-refractivity contribution in [1.29, 1.82) is 0 Å². The Bertz CT molecular complexity index is 2410. The number of fused-ring (bicyclic) bond motifs is 7. The van der Waals surface area contributed by atoms with E-state index in [1.165, 1.54) is 6.20 Å². The summed E-state index contributed by atoms with van der Waals surface area (Å²) in [7, 11) is 0. The van der Waals surface area contributed by atoms with E-state index in [0.29, 0.717) is 25.7 Å². The third-order valence-corrected chi connectivity index (χ3v) is 17.3. The first kappa shape index (κ1) is 42.6. The minimum Gasteiger partial charge on any atom is -0.387 e. The van der Waals surface area contributed by atoms with E-state index < -0.39 is 92.3 Å². The SMILES string of the molecule is CC1(C)C(OC2O[C@H](C(=O)c3c[nH]c(=O)[nH]c3=O)[C@@H](O)[C@H](O)[C@H]2O)CC[C@@]2(C)C1CC[C@]1(C)C2C(=O)C=C2C3C[C@@](C)(C(=O)c4c[nH]c(=O)[nH]c4=O)CC[C@]3(C)CC[C@]21C. The van der Waals surface area contributed by atoms with Gasteiger partial charge in [-0.15, -0.1) is 0 Å². The Kier molecular flexibility index (Phi) is 9.91. The van der Waals surface area contributed by atoms with Gasteiger partial charge < -0.3 is 34.8 Å². The number of nitrogens with one attached hydrogen (secondary N) is 4. The van der Waals surface area contributed by atoms with E-state index in [0.717, 1.165) is 43.9 Å². The number of H-pyrrole nitrogens is 4. The number of aromatic amines is 4. The average molecular weight is 835 g/mol. The van der Waals surface area contributed by atoms with Crippen LogP contribution >= 0.6 is 0 Å². The molecule has 5 aliphatic carbocycles. The van der Waals surface area contributed by atoms with Crippen LogP contribution in [0, 0.1) is 50.2 Å². The van der Waals surface area contributed by atoms with E-state index >= 15 is 4.79 Å². The molecule has 7 N–H and O–H groups in total. The molecule has 16 nitrogen and oxygen atoms in total. The molecular weight excluding hydrogens is 776 g/mol. The Labute approximate surface area is 346 Å². The smallest absolute Gasteiger partial charge is 0.325 e. The average Bonchev–Trinajstić information content (AvgIpc) is 3.17. The Morgan fingerprint density at radius 1 is 0.750 bits per heavy atom. The summed E-state index contributed by atoms with van der Waals surface area (Å²) < 4.78 is 12.3. The van der Waals surface area contributed by atoms with Crippen molar-refractivity contribution >= 4 is 17.3 Å².